The molecule has 0 aliphatic carbocycles. The van der Waals surface area contributed by atoms with Crippen molar-refractivity contribution in [2.24, 2.45) is 0 Å². The predicted molar refractivity (Wildman–Crippen MR) is 87.0 cm³/mol. The molecule has 126 valence electrons. The number of hydrogen-bond acceptors (Lipinski definition) is 4. The van der Waals surface area contributed by atoms with Crippen LogP contribution in [0.2, 0.25) is 0 Å². The van der Waals surface area contributed by atoms with Crippen molar-refractivity contribution in [1.29, 1.82) is 0 Å². The van der Waals surface area contributed by atoms with Gasteiger partial charge in [0.2, 0.25) is 0 Å². The van der Waals surface area contributed by atoms with E-state index in [1.165, 1.54) is 12.1 Å². The van der Waals surface area contributed by atoms with Crippen LogP contribution in [-0.2, 0) is 9.59 Å². The number of carbonyl (C=O) groups is 2. The molecular weight excluding hydrogens is 313 g/mol. The normalized spacial score (nSPS) is 11.5. The Kier molecular flexibility index (Phi) is 5.83. The molecular formula is C17H18FN3O3. The van der Waals surface area contributed by atoms with E-state index in [1.54, 1.807) is 38.4 Å². The summed E-state index contributed by atoms with van der Waals surface area (Å²) >= 11 is 0. The van der Waals surface area contributed by atoms with Crippen molar-refractivity contribution in [2.75, 3.05) is 11.9 Å². The van der Waals surface area contributed by atoms with Crippen molar-refractivity contribution in [3.05, 3.63) is 54.1 Å². The van der Waals surface area contributed by atoms with Crippen molar-refractivity contribution in [3.8, 4) is 5.75 Å². The van der Waals surface area contributed by atoms with Crippen LogP contribution >= 0.6 is 0 Å². The molecule has 7 heteroatoms. The van der Waals surface area contributed by atoms with Crippen LogP contribution in [0.1, 0.15) is 25.5 Å². The second-order valence-corrected chi connectivity index (χ2v) is 5.01. The molecule has 1 aromatic heterocycles. The second kappa shape index (κ2) is 8.05. The van der Waals surface area contributed by atoms with Crippen LogP contribution < -0.4 is 15.4 Å². The summed E-state index contributed by atoms with van der Waals surface area (Å²) in [5, 5.41) is 4.92. The van der Waals surface area contributed by atoms with Gasteiger partial charge in [-0.3, -0.25) is 14.6 Å². The quantitative estimate of drug-likeness (QED) is 0.825. The van der Waals surface area contributed by atoms with Crippen molar-refractivity contribution in [3.63, 3.8) is 0 Å². The van der Waals surface area contributed by atoms with Gasteiger partial charge in [-0.2, -0.15) is 0 Å². The number of rotatable bonds is 5. The topological polar surface area (TPSA) is 80.3 Å². The van der Waals surface area contributed by atoms with Crippen molar-refractivity contribution < 1.29 is 18.7 Å². The number of anilines is 1. The summed E-state index contributed by atoms with van der Waals surface area (Å²) in [5.41, 5.74) is 0.866. The minimum atomic E-state index is -0.905. The fraction of sp³-hybridized carbons (Fsp3) is 0.235. The third-order valence-corrected chi connectivity index (χ3v) is 3.23. The molecule has 2 N–H and O–H groups in total. The maximum absolute atomic E-state index is 13.4. The molecule has 0 aliphatic heterocycles. The Hall–Kier alpha value is -2.96. The molecule has 2 rings (SSSR count). The molecule has 0 fully saturated rings. The van der Waals surface area contributed by atoms with Gasteiger partial charge >= 0.3 is 11.8 Å². The standard InChI is InChI=1S/C17H18FN3O3/c1-3-24-15-7-6-13(18)9-14(15)21-17(23)16(22)20-11(2)12-5-4-8-19-10-12/h4-11H,3H2,1-2H3,(H,20,22)(H,21,23)/t11-/m0/s1. The van der Waals surface area contributed by atoms with Crippen LogP contribution in [0.25, 0.3) is 0 Å². The number of hydrogen-bond donors (Lipinski definition) is 2. The molecule has 2 amide bonds. The zero-order valence-electron chi connectivity index (χ0n) is 13.4. The summed E-state index contributed by atoms with van der Waals surface area (Å²) in [6.07, 6.45) is 3.21. The van der Waals surface area contributed by atoms with Crippen molar-refractivity contribution in [2.45, 2.75) is 19.9 Å². The van der Waals surface area contributed by atoms with E-state index in [9.17, 15) is 14.0 Å². The van der Waals surface area contributed by atoms with Gasteiger partial charge in [-0.05, 0) is 37.6 Å². The Labute approximate surface area is 139 Å². The maximum Gasteiger partial charge on any atom is 0.313 e. The molecule has 0 aliphatic rings. The first-order valence-electron chi connectivity index (χ1n) is 7.45. The summed E-state index contributed by atoms with van der Waals surface area (Å²) in [7, 11) is 0. The largest absolute Gasteiger partial charge is 0.492 e. The van der Waals surface area contributed by atoms with Crippen LogP contribution in [0.5, 0.6) is 5.75 Å². The number of nitrogens with zero attached hydrogens (tertiary/aromatic N) is 1. The van der Waals surface area contributed by atoms with Gasteiger partial charge in [0, 0.05) is 18.5 Å². The minimum Gasteiger partial charge on any atom is -0.492 e. The van der Waals surface area contributed by atoms with Gasteiger partial charge in [0.1, 0.15) is 11.6 Å². The number of amides is 2. The van der Waals surface area contributed by atoms with E-state index in [-0.39, 0.29) is 5.69 Å². The summed E-state index contributed by atoms with van der Waals surface area (Å²) in [4.78, 5) is 28.0. The lowest BCUT2D eigenvalue weighted by Gasteiger charge is -2.15. The highest BCUT2D eigenvalue weighted by Crippen LogP contribution is 2.25. The average molecular weight is 331 g/mol. The number of aromatic nitrogens is 1. The van der Waals surface area contributed by atoms with Gasteiger partial charge in [0.15, 0.2) is 0 Å². The molecule has 6 nitrogen and oxygen atoms in total. The van der Waals surface area contributed by atoms with Crippen molar-refractivity contribution in [1.82, 2.24) is 10.3 Å². The first-order chi connectivity index (χ1) is 11.5. The van der Waals surface area contributed by atoms with E-state index in [1.807, 2.05) is 0 Å². The number of halogens is 1. The molecule has 0 saturated heterocycles. The molecule has 0 unspecified atom stereocenters. The second-order valence-electron chi connectivity index (χ2n) is 5.01. The smallest absolute Gasteiger partial charge is 0.313 e. The van der Waals surface area contributed by atoms with Crippen molar-refractivity contribution >= 4 is 17.5 Å². The molecule has 2 aromatic rings. The summed E-state index contributed by atoms with van der Waals surface area (Å²) in [6.45, 7) is 3.84. The fourth-order valence-electron chi connectivity index (χ4n) is 2.04. The molecule has 1 aromatic carbocycles. The molecule has 0 radical (unpaired) electrons. The van der Waals surface area contributed by atoms with Gasteiger partial charge in [-0.1, -0.05) is 6.07 Å². The number of pyridine rings is 1. The number of nitrogens with one attached hydrogen (secondary N) is 2. The highest BCUT2D eigenvalue weighted by atomic mass is 19.1. The summed E-state index contributed by atoms with van der Waals surface area (Å²) in [5.74, 6) is -1.99. The van der Waals surface area contributed by atoms with E-state index in [4.69, 9.17) is 4.74 Å². The van der Waals surface area contributed by atoms with Gasteiger partial charge in [0.25, 0.3) is 0 Å². The SMILES string of the molecule is CCOc1ccc(F)cc1NC(=O)C(=O)N[C@@H](C)c1cccnc1. The van der Waals surface area contributed by atoms with E-state index in [0.717, 1.165) is 11.6 Å². The third-order valence-electron chi connectivity index (χ3n) is 3.23. The third kappa shape index (κ3) is 4.52. The highest BCUT2D eigenvalue weighted by Gasteiger charge is 2.19. The molecule has 0 saturated carbocycles. The van der Waals surface area contributed by atoms with Crippen LogP contribution in [0, 0.1) is 5.82 Å². The lowest BCUT2D eigenvalue weighted by atomic mass is 10.1. The lowest BCUT2D eigenvalue weighted by molar-refractivity contribution is -0.136. The van der Waals surface area contributed by atoms with E-state index >= 15 is 0 Å². The first-order valence-corrected chi connectivity index (χ1v) is 7.45. The molecule has 1 heterocycles. The molecule has 0 spiro atoms. The average Bonchev–Trinajstić information content (AvgIpc) is 2.58. The highest BCUT2D eigenvalue weighted by molar-refractivity contribution is 6.39. The molecule has 0 bridgehead atoms. The van der Waals surface area contributed by atoms with Crippen LogP contribution in [0.3, 0.4) is 0 Å². The fourth-order valence-corrected chi connectivity index (χ4v) is 2.04. The monoisotopic (exact) mass is 331 g/mol. The zero-order valence-corrected chi connectivity index (χ0v) is 13.4. The van der Waals surface area contributed by atoms with Gasteiger partial charge in [-0.15, -0.1) is 0 Å². The molecule has 24 heavy (non-hydrogen) atoms. The summed E-state index contributed by atoms with van der Waals surface area (Å²) in [6, 6.07) is 6.83. The Bertz CT molecular complexity index is 722. The Balaban J connectivity index is 2.04. The van der Waals surface area contributed by atoms with Crippen LogP contribution in [0.15, 0.2) is 42.7 Å². The number of benzene rings is 1. The Morgan fingerprint density at radius 3 is 2.75 bits per heavy atom. The van der Waals surface area contributed by atoms with Crippen LogP contribution in [-0.4, -0.2) is 23.4 Å². The summed E-state index contributed by atoms with van der Waals surface area (Å²) < 4.78 is 18.7. The van der Waals surface area contributed by atoms with Gasteiger partial charge < -0.3 is 15.4 Å². The van der Waals surface area contributed by atoms with E-state index < -0.39 is 23.7 Å². The zero-order chi connectivity index (χ0) is 17.5. The Morgan fingerprint density at radius 2 is 2.08 bits per heavy atom. The first kappa shape index (κ1) is 17.4. The maximum atomic E-state index is 13.4. The lowest BCUT2D eigenvalue weighted by Crippen LogP contribution is -2.37. The van der Waals surface area contributed by atoms with E-state index in [2.05, 4.69) is 15.6 Å². The minimum absolute atomic E-state index is 0.103. The number of ether oxygens (including phenoxy) is 1. The number of carbonyl (C=O) groups excluding carboxylic acids is 2. The van der Waals surface area contributed by atoms with Gasteiger partial charge in [0.05, 0.1) is 18.3 Å². The molecule has 1 atom stereocenters. The van der Waals surface area contributed by atoms with Gasteiger partial charge in [-0.25, -0.2) is 4.39 Å². The van der Waals surface area contributed by atoms with E-state index in [0.29, 0.717) is 12.4 Å². The predicted octanol–water partition coefficient (Wildman–Crippen LogP) is 2.44. The Morgan fingerprint density at radius 1 is 1.29 bits per heavy atom. The van der Waals surface area contributed by atoms with Crippen LogP contribution in [0.4, 0.5) is 10.1 Å².